The molecule has 0 spiro atoms. The molecule has 1 aliphatic carbocycles. The van der Waals surface area contributed by atoms with Crippen LogP contribution in [0.1, 0.15) is 55.8 Å². The van der Waals surface area contributed by atoms with Gasteiger partial charge in [0.15, 0.2) is 12.4 Å². The van der Waals surface area contributed by atoms with Crippen molar-refractivity contribution in [2.45, 2.75) is 57.6 Å². The second-order valence-electron chi connectivity index (χ2n) is 10.2. The molecule has 2 amide bonds. The Kier molecular flexibility index (Phi) is 10.2. The molecule has 0 saturated heterocycles. The second kappa shape index (κ2) is 14.2. The van der Waals surface area contributed by atoms with Gasteiger partial charge in [0.1, 0.15) is 23.4 Å². The Morgan fingerprint density at radius 3 is 2.76 bits per heavy atom. The van der Waals surface area contributed by atoms with Crippen LogP contribution >= 0.6 is 0 Å². The number of aromatic hydroxyl groups is 1. The van der Waals surface area contributed by atoms with Crippen molar-refractivity contribution in [3.05, 3.63) is 65.4 Å². The van der Waals surface area contributed by atoms with E-state index in [1.165, 1.54) is 19.4 Å². The molecular weight excluding hydrogens is 526 g/mol. The zero-order valence-electron chi connectivity index (χ0n) is 23.6. The number of hydrogen-bond donors (Lipinski definition) is 4. The normalized spacial score (nSPS) is 16.6. The quantitative estimate of drug-likeness (QED) is 0.236. The Hall–Kier alpha value is -4.54. The van der Waals surface area contributed by atoms with Crippen molar-refractivity contribution in [2.75, 3.05) is 25.6 Å². The fourth-order valence-corrected chi connectivity index (χ4v) is 4.63. The number of hydrogen-bond acceptors (Lipinski definition) is 8. The highest BCUT2D eigenvalue weighted by Crippen LogP contribution is 2.36. The molecular formula is C30H37N5O6. The molecule has 218 valence electrons. The SMILES string of the molecule is COc1cc(O)c(/C=N/CCc2ccccc2)c(OCC(=O)Nc2cc([C@H]3CC[C@@H](OC(=O)NC(C)C)C3)[nH]n2)c1. The number of alkyl carbamates (subject to hydrolysis) is 1. The van der Waals surface area contributed by atoms with Crippen LogP contribution in [0.5, 0.6) is 17.2 Å². The molecule has 1 fully saturated rings. The maximum absolute atomic E-state index is 12.7. The predicted molar refractivity (Wildman–Crippen MR) is 155 cm³/mol. The summed E-state index contributed by atoms with van der Waals surface area (Å²) in [6.45, 7) is 3.97. The molecule has 4 rings (SSSR count). The molecule has 2 aromatic carbocycles. The number of H-pyrrole nitrogens is 1. The number of carbonyl (C=O) groups is 2. The summed E-state index contributed by atoms with van der Waals surface area (Å²) in [6, 6.07) is 14.8. The highest BCUT2D eigenvalue weighted by molar-refractivity contribution is 5.92. The number of aromatic amines is 1. The zero-order chi connectivity index (χ0) is 29.2. The maximum Gasteiger partial charge on any atom is 0.407 e. The minimum absolute atomic E-state index is 0.0155. The smallest absolute Gasteiger partial charge is 0.407 e. The average molecular weight is 564 g/mol. The summed E-state index contributed by atoms with van der Waals surface area (Å²) in [5, 5.41) is 23.2. The number of phenols is 1. The van der Waals surface area contributed by atoms with Crippen molar-refractivity contribution in [2.24, 2.45) is 4.99 Å². The fourth-order valence-electron chi connectivity index (χ4n) is 4.63. The summed E-state index contributed by atoms with van der Waals surface area (Å²) < 4.78 is 16.5. The lowest BCUT2D eigenvalue weighted by molar-refractivity contribution is -0.118. The van der Waals surface area contributed by atoms with Gasteiger partial charge in [-0.15, -0.1) is 0 Å². The van der Waals surface area contributed by atoms with Crippen molar-refractivity contribution >= 4 is 24.0 Å². The van der Waals surface area contributed by atoms with Crippen LogP contribution in [0.3, 0.4) is 0 Å². The molecule has 0 aliphatic heterocycles. The van der Waals surface area contributed by atoms with Crippen LogP contribution in [0.2, 0.25) is 0 Å². The number of nitrogens with one attached hydrogen (secondary N) is 3. The standard InChI is InChI=1S/C30H37N5O6/c1-19(2)32-30(38)41-22-10-9-21(13-22)25-16-28(35-34-25)33-29(37)18-40-27-15-23(39-3)14-26(36)24(27)17-31-12-11-20-7-5-4-6-8-20/h4-8,14-17,19,21-22,36H,9-13,18H2,1-3H3,(H,32,38)(H2,33,34,35,37)/b31-17+/t21-,22+/m0/s1. The molecule has 0 unspecified atom stereocenters. The van der Waals surface area contributed by atoms with Gasteiger partial charge in [0.05, 0.1) is 12.7 Å². The zero-order valence-corrected chi connectivity index (χ0v) is 23.6. The molecule has 1 heterocycles. The maximum atomic E-state index is 12.7. The Balaban J connectivity index is 1.30. The lowest BCUT2D eigenvalue weighted by Gasteiger charge is -2.14. The molecule has 0 radical (unpaired) electrons. The summed E-state index contributed by atoms with van der Waals surface area (Å²) in [6.07, 6.45) is 4.00. The van der Waals surface area contributed by atoms with Crippen LogP contribution in [-0.4, -0.2) is 65.9 Å². The van der Waals surface area contributed by atoms with Gasteiger partial charge in [-0.05, 0) is 45.1 Å². The van der Waals surface area contributed by atoms with Gasteiger partial charge in [-0.25, -0.2) is 4.79 Å². The summed E-state index contributed by atoms with van der Waals surface area (Å²) >= 11 is 0. The van der Waals surface area contributed by atoms with Crippen LogP contribution < -0.4 is 20.1 Å². The number of amides is 2. The van der Waals surface area contributed by atoms with Crippen LogP contribution in [0.15, 0.2) is 53.5 Å². The van der Waals surface area contributed by atoms with E-state index in [2.05, 4.69) is 25.8 Å². The second-order valence-corrected chi connectivity index (χ2v) is 10.2. The Labute approximate surface area is 239 Å². The van der Waals surface area contributed by atoms with E-state index in [4.69, 9.17) is 14.2 Å². The number of nitrogens with zero attached hydrogens (tertiary/aromatic N) is 2. The summed E-state index contributed by atoms with van der Waals surface area (Å²) in [7, 11) is 1.48. The minimum atomic E-state index is -0.421. The summed E-state index contributed by atoms with van der Waals surface area (Å²) in [5.41, 5.74) is 2.38. The van der Waals surface area contributed by atoms with Crippen molar-refractivity contribution in [3.63, 3.8) is 0 Å². The van der Waals surface area contributed by atoms with E-state index in [-0.39, 0.29) is 36.2 Å². The van der Waals surface area contributed by atoms with Gasteiger partial charge in [-0.3, -0.25) is 14.9 Å². The van der Waals surface area contributed by atoms with E-state index >= 15 is 0 Å². The molecule has 1 saturated carbocycles. The van der Waals surface area contributed by atoms with E-state index in [0.29, 0.717) is 30.1 Å². The minimum Gasteiger partial charge on any atom is -0.507 e. The van der Waals surface area contributed by atoms with Crippen molar-refractivity contribution in [1.29, 1.82) is 0 Å². The number of methoxy groups -OCH3 is 1. The molecule has 4 N–H and O–H groups in total. The molecule has 11 heteroatoms. The molecule has 3 aromatic rings. The molecule has 41 heavy (non-hydrogen) atoms. The monoisotopic (exact) mass is 563 g/mol. The third kappa shape index (κ3) is 8.72. The first-order chi connectivity index (χ1) is 19.8. The highest BCUT2D eigenvalue weighted by Gasteiger charge is 2.30. The van der Waals surface area contributed by atoms with E-state index in [0.717, 1.165) is 30.5 Å². The summed E-state index contributed by atoms with van der Waals surface area (Å²) in [5.74, 6) is 0.672. The van der Waals surface area contributed by atoms with E-state index < -0.39 is 12.0 Å². The van der Waals surface area contributed by atoms with E-state index in [1.807, 2.05) is 44.2 Å². The first-order valence-corrected chi connectivity index (χ1v) is 13.7. The first-order valence-electron chi connectivity index (χ1n) is 13.7. The van der Waals surface area contributed by atoms with Gasteiger partial charge >= 0.3 is 6.09 Å². The molecule has 2 atom stereocenters. The third-order valence-corrected chi connectivity index (χ3v) is 6.65. The number of benzene rings is 2. The lowest BCUT2D eigenvalue weighted by atomic mass is 10.0. The molecule has 1 aliphatic rings. The topological polar surface area (TPSA) is 147 Å². The van der Waals surface area contributed by atoms with Gasteiger partial charge in [-0.1, -0.05) is 30.3 Å². The molecule has 0 bridgehead atoms. The average Bonchev–Trinajstić information content (AvgIpc) is 3.60. The Morgan fingerprint density at radius 1 is 1.20 bits per heavy atom. The Bertz CT molecular complexity index is 1340. The largest absolute Gasteiger partial charge is 0.507 e. The van der Waals surface area contributed by atoms with Crippen molar-refractivity contribution in [1.82, 2.24) is 15.5 Å². The van der Waals surface area contributed by atoms with E-state index in [9.17, 15) is 14.7 Å². The number of anilines is 1. The number of carbonyl (C=O) groups excluding carboxylic acids is 2. The first kappa shape index (κ1) is 29.4. The molecule has 1 aromatic heterocycles. The summed E-state index contributed by atoms with van der Waals surface area (Å²) in [4.78, 5) is 29.0. The van der Waals surface area contributed by atoms with Gasteiger partial charge in [0.25, 0.3) is 5.91 Å². The van der Waals surface area contributed by atoms with Crippen LogP contribution in [-0.2, 0) is 16.0 Å². The highest BCUT2D eigenvalue weighted by atomic mass is 16.6. The number of ether oxygens (including phenoxy) is 3. The Morgan fingerprint density at radius 2 is 2.00 bits per heavy atom. The lowest BCUT2D eigenvalue weighted by Crippen LogP contribution is -2.33. The molecule has 11 nitrogen and oxygen atoms in total. The van der Waals surface area contributed by atoms with Gasteiger partial charge < -0.3 is 30.0 Å². The fraction of sp³-hybridized carbons (Fsp3) is 0.400. The van der Waals surface area contributed by atoms with Gasteiger partial charge in [0, 0.05) is 48.6 Å². The number of aliphatic imine (C=N–C) groups is 1. The number of aromatic nitrogens is 2. The number of phenolic OH excluding ortho intramolecular Hbond substituents is 1. The van der Waals surface area contributed by atoms with Crippen molar-refractivity contribution < 1.29 is 28.9 Å². The van der Waals surface area contributed by atoms with Crippen LogP contribution in [0.4, 0.5) is 10.6 Å². The number of rotatable bonds is 12. The van der Waals surface area contributed by atoms with Crippen LogP contribution in [0.25, 0.3) is 0 Å². The van der Waals surface area contributed by atoms with Crippen LogP contribution in [0, 0.1) is 0 Å². The third-order valence-electron chi connectivity index (χ3n) is 6.65. The van der Waals surface area contributed by atoms with Crippen molar-refractivity contribution in [3.8, 4) is 17.2 Å². The van der Waals surface area contributed by atoms with Gasteiger partial charge in [0.2, 0.25) is 0 Å². The predicted octanol–water partition coefficient (Wildman–Crippen LogP) is 4.57. The van der Waals surface area contributed by atoms with E-state index in [1.54, 1.807) is 12.1 Å². The van der Waals surface area contributed by atoms with Gasteiger partial charge in [-0.2, -0.15) is 5.10 Å².